The van der Waals surface area contributed by atoms with Crippen molar-refractivity contribution in [2.45, 2.75) is 45.4 Å². The minimum Gasteiger partial charge on any atom is -0.236 e. The number of aryl methyl sites for hydroxylation is 1. The smallest absolute Gasteiger partial charge is 0.132 e. The summed E-state index contributed by atoms with van der Waals surface area (Å²) in [6, 6.07) is 9.02. The van der Waals surface area contributed by atoms with Crippen molar-refractivity contribution in [2.75, 3.05) is 0 Å². The number of benzene rings is 2. The fourth-order valence-corrected chi connectivity index (χ4v) is 3.63. The molecule has 2 aromatic carbocycles. The van der Waals surface area contributed by atoms with Gasteiger partial charge in [-0.15, -0.1) is 17.7 Å². The van der Waals surface area contributed by atoms with E-state index >= 15 is 0 Å². The first kappa shape index (κ1) is 20.6. The van der Waals surface area contributed by atoms with Crippen LogP contribution in [0, 0.1) is 35.4 Å². The summed E-state index contributed by atoms with van der Waals surface area (Å²) >= 11 is 0. The maximum atomic E-state index is 14.4. The van der Waals surface area contributed by atoms with Gasteiger partial charge in [0, 0.05) is 44.1 Å². The Hall–Kier alpha value is -0.666. The van der Waals surface area contributed by atoms with E-state index < -0.39 is 17.5 Å². The standard InChI is InChI=1S/C21H22F3.Y/c1-14-5-7-15(8-6-14)9-10-16-11-19(23)21(20(24)12-16)17-3-2-4-18(22)13-17;/h2-3,11-15H,5-10H2,1H3;/q-1;. The molecular formula is C21H22F3Y-. The van der Waals surface area contributed by atoms with Crippen molar-refractivity contribution in [3.63, 3.8) is 0 Å². The molecule has 0 N–H and O–H groups in total. The van der Waals surface area contributed by atoms with Crippen LogP contribution in [-0.2, 0) is 39.1 Å². The Morgan fingerprint density at radius 1 is 1.00 bits per heavy atom. The molecule has 1 aliphatic rings. The van der Waals surface area contributed by atoms with Gasteiger partial charge in [0.05, 0.1) is 0 Å². The van der Waals surface area contributed by atoms with E-state index in [1.54, 1.807) is 0 Å². The molecule has 0 heterocycles. The van der Waals surface area contributed by atoms with E-state index in [1.807, 2.05) is 0 Å². The van der Waals surface area contributed by atoms with Crippen molar-refractivity contribution in [2.24, 2.45) is 11.8 Å². The molecular weight excluding hydrogens is 398 g/mol. The summed E-state index contributed by atoms with van der Waals surface area (Å²) in [5.41, 5.74) is 0.711. The minimum atomic E-state index is -0.632. The van der Waals surface area contributed by atoms with E-state index in [4.69, 9.17) is 0 Å². The van der Waals surface area contributed by atoms with Crippen LogP contribution < -0.4 is 0 Å². The van der Waals surface area contributed by atoms with E-state index in [1.165, 1.54) is 49.9 Å². The van der Waals surface area contributed by atoms with Gasteiger partial charge in [0.15, 0.2) is 0 Å². The van der Waals surface area contributed by atoms with E-state index in [0.717, 1.165) is 18.4 Å². The predicted octanol–water partition coefficient (Wildman–Crippen LogP) is 6.33. The monoisotopic (exact) mass is 420 g/mol. The summed E-state index contributed by atoms with van der Waals surface area (Å²) in [6.45, 7) is 2.28. The van der Waals surface area contributed by atoms with Crippen LogP contribution in [0.2, 0.25) is 0 Å². The molecule has 1 saturated carbocycles. The van der Waals surface area contributed by atoms with Gasteiger partial charge in [0.2, 0.25) is 0 Å². The Labute approximate surface area is 173 Å². The first-order valence-electron chi connectivity index (χ1n) is 8.68. The van der Waals surface area contributed by atoms with Crippen LogP contribution in [0.5, 0.6) is 0 Å². The number of rotatable bonds is 4. The van der Waals surface area contributed by atoms with Crippen molar-refractivity contribution in [3.8, 4) is 11.1 Å². The molecule has 1 fully saturated rings. The van der Waals surface area contributed by atoms with Crippen LogP contribution in [0.3, 0.4) is 0 Å². The molecule has 4 heteroatoms. The van der Waals surface area contributed by atoms with E-state index in [9.17, 15) is 13.2 Å². The Morgan fingerprint density at radius 3 is 2.24 bits per heavy atom. The fourth-order valence-electron chi connectivity index (χ4n) is 3.63. The average Bonchev–Trinajstić information content (AvgIpc) is 2.54. The van der Waals surface area contributed by atoms with Gasteiger partial charge in [-0.05, 0) is 42.4 Å². The third-order valence-corrected chi connectivity index (χ3v) is 5.13. The van der Waals surface area contributed by atoms with Crippen LogP contribution in [0.1, 0.15) is 44.6 Å². The van der Waals surface area contributed by atoms with Crippen LogP contribution in [-0.4, -0.2) is 0 Å². The minimum absolute atomic E-state index is 0. The number of hydrogen-bond acceptors (Lipinski definition) is 0. The van der Waals surface area contributed by atoms with Crippen molar-refractivity contribution < 1.29 is 45.9 Å². The first-order chi connectivity index (χ1) is 11.5. The van der Waals surface area contributed by atoms with Crippen LogP contribution >= 0.6 is 0 Å². The summed E-state index contributed by atoms with van der Waals surface area (Å²) in [7, 11) is 0. The predicted molar refractivity (Wildman–Crippen MR) is 90.0 cm³/mol. The second-order valence-corrected chi connectivity index (χ2v) is 7.02. The average molecular weight is 420 g/mol. The van der Waals surface area contributed by atoms with Gasteiger partial charge in [-0.25, -0.2) is 13.2 Å². The molecule has 0 spiro atoms. The molecule has 0 amide bonds. The SMILES string of the molecule is CC1CCC(CCc2cc(F)c(-c3cc[c-]c(F)c3)c(F)c2)CC1.[Y]. The third-order valence-electron chi connectivity index (χ3n) is 5.13. The Balaban J connectivity index is 0.00000225. The van der Waals surface area contributed by atoms with E-state index in [-0.39, 0.29) is 43.8 Å². The van der Waals surface area contributed by atoms with Crippen LogP contribution in [0.15, 0.2) is 30.3 Å². The molecule has 0 aromatic heterocycles. The molecule has 2 aromatic rings. The Bertz CT molecular complexity index is 683. The largest absolute Gasteiger partial charge is 0.236 e. The molecule has 0 unspecified atom stereocenters. The zero-order valence-electron chi connectivity index (χ0n) is 14.5. The Kier molecular flexibility index (Phi) is 7.70. The van der Waals surface area contributed by atoms with Crippen LogP contribution in [0.4, 0.5) is 13.2 Å². The van der Waals surface area contributed by atoms with Gasteiger partial charge < -0.3 is 0 Å². The van der Waals surface area contributed by atoms with Gasteiger partial charge in [-0.3, -0.25) is 0 Å². The maximum Gasteiger partial charge on any atom is 0.132 e. The molecule has 25 heavy (non-hydrogen) atoms. The molecule has 1 aliphatic carbocycles. The second kappa shape index (κ2) is 9.32. The summed E-state index contributed by atoms with van der Waals surface area (Å²) in [6.07, 6.45) is 6.59. The van der Waals surface area contributed by atoms with E-state index in [2.05, 4.69) is 13.0 Å². The molecule has 0 nitrogen and oxygen atoms in total. The van der Waals surface area contributed by atoms with Gasteiger partial charge in [-0.2, -0.15) is 12.1 Å². The second-order valence-electron chi connectivity index (χ2n) is 7.02. The first-order valence-corrected chi connectivity index (χ1v) is 8.68. The molecule has 0 atom stereocenters. The van der Waals surface area contributed by atoms with Crippen molar-refractivity contribution >= 4 is 0 Å². The normalized spacial score (nSPS) is 20.2. The topological polar surface area (TPSA) is 0 Å². The van der Waals surface area contributed by atoms with Crippen molar-refractivity contribution in [3.05, 3.63) is 59.4 Å². The summed E-state index contributed by atoms with van der Waals surface area (Å²) in [4.78, 5) is 0. The molecule has 0 aliphatic heterocycles. The van der Waals surface area contributed by atoms with Crippen molar-refractivity contribution in [1.82, 2.24) is 0 Å². The molecule has 0 bridgehead atoms. The molecule has 0 saturated heterocycles. The number of halogens is 3. The van der Waals surface area contributed by atoms with Crippen molar-refractivity contribution in [1.29, 1.82) is 0 Å². The van der Waals surface area contributed by atoms with Gasteiger partial charge in [-0.1, -0.05) is 32.6 Å². The van der Waals surface area contributed by atoms with E-state index in [0.29, 0.717) is 17.9 Å². The number of hydrogen-bond donors (Lipinski definition) is 0. The quantitative estimate of drug-likeness (QED) is 0.508. The van der Waals surface area contributed by atoms with Gasteiger partial charge in [0.1, 0.15) is 11.6 Å². The van der Waals surface area contributed by atoms with Crippen LogP contribution in [0.25, 0.3) is 11.1 Å². The molecule has 131 valence electrons. The summed E-state index contributed by atoms with van der Waals surface area (Å²) < 4.78 is 42.0. The van der Waals surface area contributed by atoms with Gasteiger partial charge in [0.25, 0.3) is 0 Å². The third kappa shape index (κ3) is 5.40. The molecule has 3 rings (SSSR count). The summed E-state index contributed by atoms with van der Waals surface area (Å²) in [5, 5.41) is 0. The molecule has 1 radical (unpaired) electrons. The fraction of sp³-hybridized carbons (Fsp3) is 0.429. The zero-order chi connectivity index (χ0) is 17.1. The van der Waals surface area contributed by atoms with Gasteiger partial charge >= 0.3 is 0 Å². The summed E-state index contributed by atoms with van der Waals surface area (Å²) in [5.74, 6) is -0.424. The Morgan fingerprint density at radius 2 is 1.64 bits per heavy atom. The zero-order valence-corrected chi connectivity index (χ0v) is 17.3. The maximum absolute atomic E-state index is 14.4.